The van der Waals surface area contributed by atoms with Gasteiger partial charge in [-0.25, -0.2) is 0 Å². The van der Waals surface area contributed by atoms with Gasteiger partial charge in [0.05, 0.1) is 24.8 Å². The molecular weight excluding hydrogens is 300 g/mol. The fraction of sp³-hybridized carbons (Fsp3) is 0.250. The van der Waals surface area contributed by atoms with Crippen LogP contribution < -0.4 is 10.9 Å². The lowest BCUT2D eigenvalue weighted by molar-refractivity contribution is 0.0184. The maximum absolute atomic E-state index is 12.8. The van der Waals surface area contributed by atoms with Gasteiger partial charge < -0.3 is 14.6 Å². The van der Waals surface area contributed by atoms with Crippen molar-refractivity contribution in [2.75, 3.05) is 19.7 Å². The summed E-state index contributed by atoms with van der Waals surface area (Å²) in [5.41, 5.74) is 3.02. The highest BCUT2D eigenvalue weighted by molar-refractivity contribution is 5.94. The van der Waals surface area contributed by atoms with Crippen molar-refractivity contribution in [2.45, 2.75) is 12.6 Å². The topological polar surface area (TPSA) is 43.3 Å². The number of ether oxygens (including phenoxy) is 1. The first-order chi connectivity index (χ1) is 11.8. The predicted molar refractivity (Wildman–Crippen MR) is 96.3 cm³/mol. The van der Waals surface area contributed by atoms with E-state index in [9.17, 15) is 4.79 Å². The normalized spacial score (nSPS) is 17.9. The van der Waals surface area contributed by atoms with Gasteiger partial charge in [-0.3, -0.25) is 4.79 Å². The quantitative estimate of drug-likeness (QED) is 0.807. The van der Waals surface area contributed by atoms with Crippen molar-refractivity contribution < 1.29 is 4.74 Å². The molecule has 0 amide bonds. The van der Waals surface area contributed by atoms with Crippen LogP contribution in [-0.4, -0.2) is 30.4 Å². The lowest BCUT2D eigenvalue weighted by Crippen LogP contribution is -2.42. The van der Waals surface area contributed by atoms with Crippen molar-refractivity contribution in [3.63, 3.8) is 0 Å². The maximum atomic E-state index is 12.8. The van der Waals surface area contributed by atoms with E-state index in [1.54, 1.807) is 6.07 Å². The molecule has 1 atom stereocenters. The van der Waals surface area contributed by atoms with Gasteiger partial charge in [-0.1, -0.05) is 48.5 Å². The molecule has 1 unspecified atom stereocenters. The molecule has 122 valence electrons. The summed E-state index contributed by atoms with van der Waals surface area (Å²) in [7, 11) is 0. The van der Waals surface area contributed by atoms with Gasteiger partial charge in [0.15, 0.2) is 0 Å². The van der Waals surface area contributed by atoms with Crippen LogP contribution in [0.2, 0.25) is 0 Å². The van der Waals surface area contributed by atoms with Crippen molar-refractivity contribution in [2.24, 2.45) is 0 Å². The van der Waals surface area contributed by atoms with Gasteiger partial charge in [0.2, 0.25) is 0 Å². The van der Waals surface area contributed by atoms with Gasteiger partial charge >= 0.3 is 0 Å². The molecule has 0 bridgehead atoms. The Labute approximate surface area is 140 Å². The minimum atomic E-state index is 0.0155. The van der Waals surface area contributed by atoms with Crippen molar-refractivity contribution >= 4 is 10.9 Å². The highest BCUT2D eigenvalue weighted by Crippen LogP contribution is 2.27. The molecule has 2 aromatic carbocycles. The molecule has 4 nitrogen and oxygen atoms in total. The highest BCUT2D eigenvalue weighted by atomic mass is 16.5. The smallest absolute Gasteiger partial charge is 0.251 e. The molecule has 24 heavy (non-hydrogen) atoms. The van der Waals surface area contributed by atoms with E-state index < -0.39 is 0 Å². The van der Waals surface area contributed by atoms with Crippen LogP contribution in [0.5, 0.6) is 0 Å². The summed E-state index contributed by atoms with van der Waals surface area (Å²) in [6, 6.07) is 19.9. The molecule has 1 aliphatic rings. The van der Waals surface area contributed by atoms with Crippen molar-refractivity contribution in [1.82, 2.24) is 9.88 Å². The molecule has 4 heteroatoms. The molecule has 2 heterocycles. The maximum Gasteiger partial charge on any atom is 0.251 e. The van der Waals surface area contributed by atoms with E-state index in [1.807, 2.05) is 53.1 Å². The third-order valence-corrected chi connectivity index (χ3v) is 4.49. The van der Waals surface area contributed by atoms with E-state index in [1.165, 1.54) is 0 Å². The van der Waals surface area contributed by atoms with E-state index in [4.69, 9.17) is 4.74 Å². The largest absolute Gasteiger partial charge is 0.374 e. The molecule has 1 aliphatic heterocycles. The lowest BCUT2D eigenvalue weighted by Gasteiger charge is -2.25. The van der Waals surface area contributed by atoms with E-state index >= 15 is 0 Å². The number of rotatable bonds is 3. The fourth-order valence-corrected chi connectivity index (χ4v) is 3.32. The molecule has 1 saturated heterocycles. The second-order valence-corrected chi connectivity index (χ2v) is 6.09. The van der Waals surface area contributed by atoms with Gasteiger partial charge in [-0.05, 0) is 17.2 Å². The van der Waals surface area contributed by atoms with Crippen molar-refractivity contribution in [3.05, 3.63) is 71.0 Å². The Morgan fingerprint density at radius 3 is 2.67 bits per heavy atom. The standard InChI is InChI=1S/C20H20N2O2/c23-20-12-18(15-6-2-1-3-7-15)17-8-4-5-9-19(17)22(20)14-16-13-21-10-11-24-16/h1-9,12,16,21H,10-11,13-14H2. The Balaban J connectivity index is 1.84. The summed E-state index contributed by atoms with van der Waals surface area (Å²) in [4.78, 5) is 12.8. The molecule has 1 aromatic heterocycles. The summed E-state index contributed by atoms with van der Waals surface area (Å²) in [5, 5.41) is 4.41. The van der Waals surface area contributed by atoms with Crippen LogP contribution in [0.3, 0.4) is 0 Å². The van der Waals surface area contributed by atoms with Crippen LogP contribution in [0.4, 0.5) is 0 Å². The summed E-state index contributed by atoms with van der Waals surface area (Å²) >= 11 is 0. The molecule has 0 spiro atoms. The number of para-hydroxylation sites is 1. The Kier molecular flexibility index (Phi) is 4.15. The monoisotopic (exact) mass is 320 g/mol. The summed E-state index contributed by atoms with van der Waals surface area (Å²) in [6.07, 6.45) is 0.0300. The molecule has 0 aliphatic carbocycles. The zero-order chi connectivity index (χ0) is 16.4. The van der Waals surface area contributed by atoms with Crippen LogP contribution in [0, 0.1) is 0 Å². The van der Waals surface area contributed by atoms with Crippen LogP contribution in [0.15, 0.2) is 65.5 Å². The summed E-state index contributed by atoms with van der Waals surface area (Å²) in [6.45, 7) is 2.92. The third kappa shape index (κ3) is 2.86. The Bertz CT molecular complexity index is 896. The fourth-order valence-electron chi connectivity index (χ4n) is 3.32. The number of hydrogen-bond acceptors (Lipinski definition) is 3. The minimum Gasteiger partial charge on any atom is -0.374 e. The zero-order valence-electron chi connectivity index (χ0n) is 13.4. The molecule has 4 rings (SSSR count). The highest BCUT2D eigenvalue weighted by Gasteiger charge is 2.17. The number of morpholine rings is 1. The number of benzene rings is 2. The number of nitrogens with zero attached hydrogens (tertiary/aromatic N) is 1. The van der Waals surface area contributed by atoms with Crippen LogP contribution >= 0.6 is 0 Å². The van der Waals surface area contributed by atoms with E-state index in [0.29, 0.717) is 13.2 Å². The van der Waals surface area contributed by atoms with E-state index in [2.05, 4.69) is 11.4 Å². The van der Waals surface area contributed by atoms with E-state index in [-0.39, 0.29) is 11.7 Å². The van der Waals surface area contributed by atoms with Gasteiger partial charge in [0, 0.05) is 24.5 Å². The number of hydrogen-bond donors (Lipinski definition) is 1. The van der Waals surface area contributed by atoms with Gasteiger partial charge in [-0.15, -0.1) is 0 Å². The zero-order valence-corrected chi connectivity index (χ0v) is 13.4. The third-order valence-electron chi connectivity index (χ3n) is 4.49. The second-order valence-electron chi connectivity index (χ2n) is 6.09. The van der Waals surface area contributed by atoms with Crippen molar-refractivity contribution in [3.8, 4) is 11.1 Å². The first-order valence-corrected chi connectivity index (χ1v) is 8.33. The molecular formula is C20H20N2O2. The molecule has 1 N–H and O–H groups in total. The Hall–Kier alpha value is -2.43. The second kappa shape index (κ2) is 6.59. The number of pyridine rings is 1. The predicted octanol–water partition coefficient (Wildman–Crippen LogP) is 2.66. The minimum absolute atomic E-state index is 0.0155. The average molecular weight is 320 g/mol. The Morgan fingerprint density at radius 1 is 1.08 bits per heavy atom. The summed E-state index contributed by atoms with van der Waals surface area (Å²) < 4.78 is 7.61. The SMILES string of the molecule is O=c1cc(-c2ccccc2)c2ccccc2n1CC1CNCCO1. The van der Waals surface area contributed by atoms with Crippen molar-refractivity contribution in [1.29, 1.82) is 0 Å². The molecule has 1 fully saturated rings. The number of fused-ring (bicyclic) bond motifs is 1. The number of aromatic nitrogens is 1. The van der Waals surface area contributed by atoms with Crippen LogP contribution in [0.25, 0.3) is 22.0 Å². The molecule has 0 radical (unpaired) electrons. The molecule has 0 saturated carbocycles. The lowest BCUT2D eigenvalue weighted by atomic mass is 10.0. The summed E-state index contributed by atoms with van der Waals surface area (Å²) in [5.74, 6) is 0. The Morgan fingerprint density at radius 2 is 1.88 bits per heavy atom. The van der Waals surface area contributed by atoms with Crippen LogP contribution in [-0.2, 0) is 11.3 Å². The number of nitrogens with one attached hydrogen (secondary N) is 1. The van der Waals surface area contributed by atoms with Gasteiger partial charge in [0.25, 0.3) is 5.56 Å². The van der Waals surface area contributed by atoms with Gasteiger partial charge in [0.1, 0.15) is 0 Å². The first-order valence-electron chi connectivity index (χ1n) is 8.33. The van der Waals surface area contributed by atoms with Gasteiger partial charge in [-0.2, -0.15) is 0 Å². The average Bonchev–Trinajstić information content (AvgIpc) is 2.65. The first kappa shape index (κ1) is 15.1. The van der Waals surface area contributed by atoms with E-state index in [0.717, 1.165) is 35.1 Å². The molecule has 3 aromatic rings. The van der Waals surface area contributed by atoms with Crippen LogP contribution in [0.1, 0.15) is 0 Å².